The van der Waals surface area contributed by atoms with E-state index in [0.717, 1.165) is 5.56 Å². The molecule has 0 fully saturated rings. The quantitative estimate of drug-likeness (QED) is 0.883. The van der Waals surface area contributed by atoms with Crippen molar-refractivity contribution in [2.45, 2.75) is 13.0 Å². The number of hydrogen-bond acceptors (Lipinski definition) is 3. The topological polar surface area (TPSA) is 58.6 Å². The van der Waals surface area contributed by atoms with Gasteiger partial charge in [0.1, 0.15) is 11.6 Å². The molecule has 0 bridgehead atoms. The number of nitrogens with one attached hydrogen (secondary N) is 1. The first kappa shape index (κ1) is 16.1. The van der Waals surface area contributed by atoms with Crippen LogP contribution in [0.3, 0.4) is 0 Å². The Labute approximate surface area is 132 Å². The fourth-order valence-electron chi connectivity index (χ4n) is 1.81. The fraction of sp³-hybridized carbons (Fsp3) is 0.188. The van der Waals surface area contributed by atoms with E-state index in [0.29, 0.717) is 12.0 Å². The molecule has 0 unspecified atom stereocenters. The average molecular weight is 324 g/mol. The first-order chi connectivity index (χ1) is 10.5. The van der Waals surface area contributed by atoms with Gasteiger partial charge in [0, 0.05) is 13.0 Å². The molecule has 0 heterocycles. The molecule has 1 amide bonds. The fourth-order valence-corrected chi connectivity index (χ4v) is 1.92. The van der Waals surface area contributed by atoms with Gasteiger partial charge in [0.2, 0.25) is 0 Å². The highest BCUT2D eigenvalue weighted by Gasteiger charge is 2.04. The Morgan fingerprint density at radius 2 is 1.86 bits per heavy atom. The minimum Gasteiger partial charge on any atom is -0.506 e. The molecule has 0 aliphatic heterocycles. The summed E-state index contributed by atoms with van der Waals surface area (Å²) in [7, 11) is 0. The standard InChI is InChI=1S/C16H15ClFNO3/c17-14-6-3-12(9-15(14)20)10-19-16(21)22-8-7-11-1-4-13(18)5-2-11/h1-6,9,20H,7-8,10H2,(H,19,21). The van der Waals surface area contributed by atoms with Gasteiger partial charge in [-0.2, -0.15) is 0 Å². The van der Waals surface area contributed by atoms with Crippen LogP contribution in [0.1, 0.15) is 11.1 Å². The van der Waals surface area contributed by atoms with Gasteiger partial charge < -0.3 is 15.2 Å². The maximum absolute atomic E-state index is 12.7. The maximum Gasteiger partial charge on any atom is 0.407 e. The van der Waals surface area contributed by atoms with Crippen molar-refractivity contribution in [1.29, 1.82) is 0 Å². The van der Waals surface area contributed by atoms with E-state index in [9.17, 15) is 14.3 Å². The summed E-state index contributed by atoms with van der Waals surface area (Å²) in [5, 5.41) is 12.3. The summed E-state index contributed by atoms with van der Waals surface area (Å²) in [6, 6.07) is 10.7. The third kappa shape index (κ3) is 4.93. The molecule has 0 aromatic heterocycles. The van der Waals surface area contributed by atoms with E-state index < -0.39 is 6.09 Å². The number of carbonyl (C=O) groups is 1. The Morgan fingerprint density at radius 1 is 1.18 bits per heavy atom. The van der Waals surface area contributed by atoms with Crippen molar-refractivity contribution in [3.8, 4) is 5.75 Å². The van der Waals surface area contributed by atoms with Gasteiger partial charge in [-0.15, -0.1) is 0 Å². The lowest BCUT2D eigenvalue weighted by molar-refractivity contribution is 0.147. The van der Waals surface area contributed by atoms with Crippen LogP contribution >= 0.6 is 11.6 Å². The molecule has 0 spiro atoms. The average Bonchev–Trinajstić information content (AvgIpc) is 2.50. The SMILES string of the molecule is O=C(NCc1ccc(Cl)c(O)c1)OCCc1ccc(F)cc1. The van der Waals surface area contributed by atoms with Crippen molar-refractivity contribution < 1.29 is 19.0 Å². The molecule has 2 N–H and O–H groups in total. The molecule has 0 saturated heterocycles. The number of amides is 1. The molecule has 2 rings (SSSR count). The zero-order chi connectivity index (χ0) is 15.9. The number of phenols is 1. The smallest absolute Gasteiger partial charge is 0.407 e. The van der Waals surface area contributed by atoms with E-state index in [2.05, 4.69) is 5.32 Å². The minimum absolute atomic E-state index is 0.0364. The Kier molecular flexibility index (Phi) is 5.61. The number of rotatable bonds is 5. The monoisotopic (exact) mass is 323 g/mol. The number of carbonyl (C=O) groups excluding carboxylic acids is 1. The summed E-state index contributed by atoms with van der Waals surface area (Å²) in [6.45, 7) is 0.420. The molecule has 2 aromatic carbocycles. The zero-order valence-corrected chi connectivity index (χ0v) is 12.4. The Bertz CT molecular complexity index is 646. The van der Waals surface area contributed by atoms with Gasteiger partial charge >= 0.3 is 6.09 Å². The lowest BCUT2D eigenvalue weighted by atomic mass is 10.2. The Balaban J connectivity index is 1.71. The van der Waals surface area contributed by atoms with Gasteiger partial charge in [0.15, 0.2) is 0 Å². The second-order valence-corrected chi connectivity index (χ2v) is 5.06. The summed E-state index contributed by atoms with van der Waals surface area (Å²) in [5.41, 5.74) is 1.59. The summed E-state index contributed by atoms with van der Waals surface area (Å²) < 4.78 is 17.8. The molecule has 4 nitrogen and oxygen atoms in total. The predicted molar refractivity (Wildman–Crippen MR) is 81.4 cm³/mol. The number of halogens is 2. The van der Waals surface area contributed by atoms with Crippen LogP contribution in [0.5, 0.6) is 5.75 Å². The molecule has 0 radical (unpaired) electrons. The largest absolute Gasteiger partial charge is 0.506 e. The predicted octanol–water partition coefficient (Wildman–Crippen LogP) is 3.65. The Hall–Kier alpha value is -2.27. The van der Waals surface area contributed by atoms with Crippen molar-refractivity contribution in [1.82, 2.24) is 5.32 Å². The van der Waals surface area contributed by atoms with Gasteiger partial charge in [0.05, 0.1) is 11.6 Å². The Morgan fingerprint density at radius 3 is 2.55 bits per heavy atom. The molecular weight excluding hydrogens is 309 g/mol. The van der Waals surface area contributed by atoms with Crippen LogP contribution in [-0.2, 0) is 17.7 Å². The van der Waals surface area contributed by atoms with Gasteiger partial charge in [-0.3, -0.25) is 0 Å². The van der Waals surface area contributed by atoms with Crippen LogP contribution in [0.4, 0.5) is 9.18 Å². The van der Waals surface area contributed by atoms with Crippen LogP contribution in [0.15, 0.2) is 42.5 Å². The number of ether oxygens (including phenoxy) is 1. The van der Waals surface area contributed by atoms with Crippen molar-refractivity contribution in [2.24, 2.45) is 0 Å². The normalized spacial score (nSPS) is 10.3. The molecule has 0 aliphatic carbocycles. The number of alkyl carbamates (subject to hydrolysis) is 1. The first-order valence-corrected chi connectivity index (χ1v) is 7.05. The summed E-state index contributed by atoms with van der Waals surface area (Å²) in [4.78, 5) is 11.5. The molecule has 116 valence electrons. The lowest BCUT2D eigenvalue weighted by Crippen LogP contribution is -2.24. The van der Waals surface area contributed by atoms with Crippen molar-refractivity contribution in [2.75, 3.05) is 6.61 Å². The van der Waals surface area contributed by atoms with Crippen LogP contribution in [0.2, 0.25) is 5.02 Å². The highest BCUT2D eigenvalue weighted by atomic mass is 35.5. The van der Waals surface area contributed by atoms with Gasteiger partial charge in [-0.05, 0) is 35.4 Å². The van der Waals surface area contributed by atoms with Crippen LogP contribution < -0.4 is 5.32 Å². The van der Waals surface area contributed by atoms with Crippen molar-refractivity contribution in [3.63, 3.8) is 0 Å². The molecule has 0 atom stereocenters. The second-order valence-electron chi connectivity index (χ2n) is 4.65. The van der Waals surface area contributed by atoms with Crippen LogP contribution in [0, 0.1) is 5.82 Å². The third-order valence-corrected chi connectivity index (χ3v) is 3.30. The zero-order valence-electron chi connectivity index (χ0n) is 11.7. The number of hydrogen-bond donors (Lipinski definition) is 2. The first-order valence-electron chi connectivity index (χ1n) is 6.67. The lowest BCUT2D eigenvalue weighted by Gasteiger charge is -2.08. The highest BCUT2D eigenvalue weighted by molar-refractivity contribution is 6.32. The third-order valence-electron chi connectivity index (χ3n) is 2.98. The summed E-state index contributed by atoms with van der Waals surface area (Å²) in [5.74, 6) is -0.334. The van der Waals surface area contributed by atoms with E-state index in [-0.39, 0.29) is 29.7 Å². The molecule has 2 aromatic rings. The maximum atomic E-state index is 12.7. The van der Waals surface area contributed by atoms with Gasteiger partial charge in [-0.25, -0.2) is 9.18 Å². The minimum atomic E-state index is -0.559. The van der Waals surface area contributed by atoms with Gasteiger partial charge in [-0.1, -0.05) is 29.8 Å². The van der Waals surface area contributed by atoms with E-state index in [4.69, 9.17) is 16.3 Å². The number of phenolic OH excluding ortho intramolecular Hbond substituents is 1. The molecule has 0 aliphatic rings. The molecule has 6 heteroatoms. The molecule has 0 saturated carbocycles. The van der Waals surface area contributed by atoms with E-state index in [1.165, 1.54) is 18.2 Å². The van der Waals surface area contributed by atoms with E-state index in [1.54, 1.807) is 24.3 Å². The summed E-state index contributed by atoms with van der Waals surface area (Å²) >= 11 is 5.69. The van der Waals surface area contributed by atoms with E-state index >= 15 is 0 Å². The molecule has 22 heavy (non-hydrogen) atoms. The van der Waals surface area contributed by atoms with Crippen LogP contribution in [-0.4, -0.2) is 17.8 Å². The highest BCUT2D eigenvalue weighted by Crippen LogP contribution is 2.23. The molecular formula is C16H15ClFNO3. The van der Waals surface area contributed by atoms with Gasteiger partial charge in [0.25, 0.3) is 0 Å². The second kappa shape index (κ2) is 7.66. The number of benzene rings is 2. The van der Waals surface area contributed by atoms with Crippen molar-refractivity contribution in [3.05, 3.63) is 64.4 Å². The number of aromatic hydroxyl groups is 1. The van der Waals surface area contributed by atoms with E-state index in [1.807, 2.05) is 0 Å². The van der Waals surface area contributed by atoms with Crippen molar-refractivity contribution >= 4 is 17.7 Å². The summed E-state index contributed by atoms with van der Waals surface area (Å²) in [6.07, 6.45) is -0.0494. The van der Waals surface area contributed by atoms with Crippen LogP contribution in [0.25, 0.3) is 0 Å².